The lowest BCUT2D eigenvalue weighted by atomic mass is 10.1. The van der Waals surface area contributed by atoms with Crippen LogP contribution in [0.4, 0.5) is 0 Å². The zero-order valence-corrected chi connectivity index (χ0v) is 13.6. The molecule has 1 aliphatic heterocycles. The average Bonchev–Trinajstić information content (AvgIpc) is 2.85. The molecule has 1 aliphatic rings. The zero-order valence-electron chi connectivity index (χ0n) is 12.0. The number of nitrogens with one attached hydrogen (secondary N) is 1. The van der Waals surface area contributed by atoms with Crippen LogP contribution in [0.3, 0.4) is 0 Å². The van der Waals surface area contributed by atoms with Gasteiger partial charge in [-0.3, -0.25) is 4.79 Å². The summed E-state index contributed by atoms with van der Waals surface area (Å²) in [5.74, 6) is 0.157. The first-order valence-electron chi connectivity index (χ1n) is 7.19. The quantitative estimate of drug-likeness (QED) is 0.934. The van der Waals surface area contributed by atoms with Crippen LogP contribution < -0.4 is 5.32 Å². The highest BCUT2D eigenvalue weighted by atomic mass is 32.2. The Morgan fingerprint density at radius 1 is 1.29 bits per heavy atom. The zero-order chi connectivity index (χ0) is 14.7. The molecule has 5 heteroatoms. The first kappa shape index (κ1) is 14.6. The number of carbonyl (C=O) groups excluding carboxylic acids is 1. The van der Waals surface area contributed by atoms with Gasteiger partial charge < -0.3 is 5.32 Å². The molecular weight excluding hydrogens is 300 g/mol. The van der Waals surface area contributed by atoms with E-state index >= 15 is 0 Å². The summed E-state index contributed by atoms with van der Waals surface area (Å²) in [7, 11) is 0. The second-order valence-corrected chi connectivity index (χ2v) is 7.57. The lowest BCUT2D eigenvalue weighted by Crippen LogP contribution is -2.30. The van der Waals surface area contributed by atoms with Crippen molar-refractivity contribution in [1.29, 1.82) is 0 Å². The van der Waals surface area contributed by atoms with Crippen molar-refractivity contribution in [3.63, 3.8) is 0 Å². The lowest BCUT2D eigenvalue weighted by molar-refractivity contribution is -0.120. The minimum absolute atomic E-state index is 0.00418. The highest BCUT2D eigenvalue weighted by Crippen LogP contribution is 2.33. The van der Waals surface area contributed by atoms with Gasteiger partial charge in [-0.2, -0.15) is 0 Å². The first-order valence-corrected chi connectivity index (χ1v) is 8.95. The van der Waals surface area contributed by atoms with Crippen LogP contribution in [0.2, 0.25) is 0 Å². The smallest absolute Gasteiger partial charge is 0.233 e. The van der Waals surface area contributed by atoms with Crippen LogP contribution >= 0.6 is 23.1 Å². The number of aryl methyl sites for hydroxylation is 1. The maximum Gasteiger partial charge on any atom is 0.233 e. The molecule has 0 aliphatic carbocycles. The average molecular weight is 318 g/mol. The van der Waals surface area contributed by atoms with Gasteiger partial charge in [0.15, 0.2) is 4.34 Å². The van der Waals surface area contributed by atoms with E-state index in [1.165, 1.54) is 5.56 Å². The van der Waals surface area contributed by atoms with Gasteiger partial charge in [-0.1, -0.05) is 48.0 Å². The van der Waals surface area contributed by atoms with Crippen LogP contribution in [0.5, 0.6) is 0 Å². The van der Waals surface area contributed by atoms with Crippen molar-refractivity contribution in [2.24, 2.45) is 0 Å². The van der Waals surface area contributed by atoms with Gasteiger partial charge in [-0.05, 0) is 19.8 Å². The van der Waals surface area contributed by atoms with Gasteiger partial charge in [0, 0.05) is 17.5 Å². The third-order valence-electron chi connectivity index (χ3n) is 3.56. The van der Waals surface area contributed by atoms with Gasteiger partial charge in [0.05, 0.1) is 10.9 Å². The largest absolute Gasteiger partial charge is 0.355 e. The molecule has 2 heterocycles. The number of rotatable bonds is 3. The maximum atomic E-state index is 12.0. The van der Waals surface area contributed by atoms with E-state index in [-0.39, 0.29) is 11.2 Å². The van der Waals surface area contributed by atoms with E-state index in [1.807, 2.05) is 0 Å². The molecule has 2 aromatic rings. The van der Waals surface area contributed by atoms with Crippen LogP contribution in [-0.4, -0.2) is 22.7 Å². The summed E-state index contributed by atoms with van der Waals surface area (Å²) >= 11 is 3.22. The van der Waals surface area contributed by atoms with Crippen LogP contribution in [0, 0.1) is 6.92 Å². The Morgan fingerprint density at radius 2 is 2.10 bits per heavy atom. The molecule has 1 N–H and O–H groups in total. The predicted octanol–water partition coefficient (Wildman–Crippen LogP) is 3.88. The molecule has 1 aromatic heterocycles. The fourth-order valence-electron chi connectivity index (χ4n) is 2.31. The van der Waals surface area contributed by atoms with Gasteiger partial charge in [-0.25, -0.2) is 4.98 Å². The minimum atomic E-state index is 0.00418. The van der Waals surface area contributed by atoms with Crippen molar-refractivity contribution in [2.45, 2.75) is 35.8 Å². The predicted molar refractivity (Wildman–Crippen MR) is 88.8 cm³/mol. The fourth-order valence-corrected chi connectivity index (χ4v) is 4.45. The monoisotopic (exact) mass is 318 g/mol. The number of carbonyl (C=O) groups is 1. The van der Waals surface area contributed by atoms with Crippen LogP contribution in [0.25, 0.3) is 11.3 Å². The number of aromatic nitrogens is 1. The van der Waals surface area contributed by atoms with Crippen molar-refractivity contribution in [1.82, 2.24) is 10.3 Å². The minimum Gasteiger partial charge on any atom is -0.355 e. The third-order valence-corrected chi connectivity index (χ3v) is 5.80. The Bertz CT molecular complexity index is 621. The summed E-state index contributed by atoms with van der Waals surface area (Å²) in [6, 6.07) is 8.38. The van der Waals surface area contributed by atoms with E-state index in [9.17, 15) is 4.79 Å². The fraction of sp³-hybridized carbons (Fsp3) is 0.375. The van der Waals surface area contributed by atoms with Crippen molar-refractivity contribution < 1.29 is 4.79 Å². The topological polar surface area (TPSA) is 42.0 Å². The summed E-state index contributed by atoms with van der Waals surface area (Å²) in [6.45, 7) is 2.89. The molecule has 1 unspecified atom stereocenters. The third kappa shape index (κ3) is 3.66. The summed E-state index contributed by atoms with van der Waals surface area (Å²) in [5.41, 5.74) is 3.38. The molecule has 1 amide bonds. The molecule has 0 radical (unpaired) electrons. The Labute approximate surface area is 133 Å². The molecule has 1 fully saturated rings. The van der Waals surface area contributed by atoms with E-state index in [1.54, 1.807) is 23.1 Å². The van der Waals surface area contributed by atoms with Gasteiger partial charge in [0.1, 0.15) is 0 Å². The second-order valence-electron chi connectivity index (χ2n) is 5.26. The summed E-state index contributed by atoms with van der Waals surface area (Å²) in [5, 5.41) is 5.05. The van der Waals surface area contributed by atoms with Crippen molar-refractivity contribution in [2.75, 3.05) is 6.54 Å². The molecular formula is C16H18N2OS2. The van der Waals surface area contributed by atoms with Crippen molar-refractivity contribution >= 4 is 29.0 Å². The number of hydrogen-bond donors (Lipinski definition) is 1. The lowest BCUT2D eigenvalue weighted by Gasteiger charge is -2.10. The van der Waals surface area contributed by atoms with Gasteiger partial charge in [-0.15, -0.1) is 11.3 Å². The standard InChI is InChI=1S/C16H18N2OS2/c1-11-5-7-12(8-6-11)13-10-20-16(18-13)21-14-4-2-3-9-17-15(14)19/h5-8,10,14H,2-4,9H2,1H3,(H,17,19). The maximum absolute atomic E-state index is 12.0. The number of thioether (sulfide) groups is 1. The SMILES string of the molecule is Cc1ccc(-c2csc(SC3CCCCNC3=O)n2)cc1. The van der Waals surface area contributed by atoms with Gasteiger partial charge >= 0.3 is 0 Å². The Hall–Kier alpha value is -1.33. The normalized spacial score (nSPS) is 19.1. The second kappa shape index (κ2) is 6.62. The van der Waals surface area contributed by atoms with E-state index in [4.69, 9.17) is 0 Å². The number of nitrogens with zero attached hydrogens (tertiary/aromatic N) is 1. The highest BCUT2D eigenvalue weighted by molar-refractivity contribution is 8.02. The highest BCUT2D eigenvalue weighted by Gasteiger charge is 2.23. The molecule has 1 saturated heterocycles. The Kier molecular flexibility index (Phi) is 4.60. The Balaban J connectivity index is 1.72. The summed E-state index contributed by atoms with van der Waals surface area (Å²) in [6.07, 6.45) is 3.12. The molecule has 21 heavy (non-hydrogen) atoms. The van der Waals surface area contributed by atoms with Crippen molar-refractivity contribution in [3.05, 3.63) is 35.2 Å². The van der Waals surface area contributed by atoms with Crippen molar-refractivity contribution in [3.8, 4) is 11.3 Å². The summed E-state index contributed by atoms with van der Waals surface area (Å²) in [4.78, 5) is 16.6. The van der Waals surface area contributed by atoms with Crippen LogP contribution in [-0.2, 0) is 4.79 Å². The first-order chi connectivity index (χ1) is 10.2. The number of amides is 1. The molecule has 3 rings (SSSR count). The van der Waals surface area contributed by atoms with Crippen LogP contribution in [0.15, 0.2) is 34.0 Å². The van der Waals surface area contributed by atoms with E-state index < -0.39 is 0 Å². The van der Waals surface area contributed by atoms with E-state index in [0.29, 0.717) is 0 Å². The number of thiazole rings is 1. The number of hydrogen-bond acceptors (Lipinski definition) is 4. The van der Waals surface area contributed by atoms with Gasteiger partial charge in [0.25, 0.3) is 0 Å². The van der Waals surface area contributed by atoms with E-state index in [2.05, 4.69) is 46.9 Å². The molecule has 0 saturated carbocycles. The molecule has 3 nitrogen and oxygen atoms in total. The van der Waals surface area contributed by atoms with Crippen LogP contribution in [0.1, 0.15) is 24.8 Å². The Morgan fingerprint density at radius 3 is 2.90 bits per heavy atom. The molecule has 0 bridgehead atoms. The molecule has 110 valence electrons. The van der Waals surface area contributed by atoms with E-state index in [0.717, 1.165) is 41.4 Å². The molecule has 0 spiro atoms. The summed E-state index contributed by atoms with van der Waals surface area (Å²) < 4.78 is 0.979. The molecule has 1 atom stereocenters. The molecule has 1 aromatic carbocycles. The van der Waals surface area contributed by atoms with Gasteiger partial charge in [0.2, 0.25) is 5.91 Å². The number of benzene rings is 1.